The Labute approximate surface area is 205 Å². The maximum Gasteiger partial charge on any atom is 0.306 e. The van der Waals surface area contributed by atoms with Crippen LogP contribution in [0.1, 0.15) is 110 Å². The third-order valence-electron chi connectivity index (χ3n) is 6.25. The summed E-state index contributed by atoms with van der Waals surface area (Å²) < 4.78 is 11.7. The number of hydrogen-bond donors (Lipinski definition) is 1. The molecule has 0 aromatic carbocycles. The van der Waals surface area contributed by atoms with Crippen molar-refractivity contribution >= 4 is 5.97 Å². The van der Waals surface area contributed by atoms with Crippen LogP contribution in [0.3, 0.4) is 0 Å². The Morgan fingerprint density at radius 1 is 0.788 bits per heavy atom. The first-order valence-corrected chi connectivity index (χ1v) is 13.7. The van der Waals surface area contributed by atoms with E-state index in [-0.39, 0.29) is 12.0 Å². The zero-order valence-electron chi connectivity index (χ0n) is 22.4. The van der Waals surface area contributed by atoms with Gasteiger partial charge in [0.05, 0.1) is 25.2 Å². The summed E-state index contributed by atoms with van der Waals surface area (Å²) in [6.07, 6.45) is 21.2. The van der Waals surface area contributed by atoms with Gasteiger partial charge in [0, 0.05) is 13.2 Å². The normalized spacial score (nSPS) is 13.7. The lowest BCUT2D eigenvalue weighted by atomic mass is 9.98. The number of likely N-dealkylation sites (N-methyl/N-ethyl adjacent to an activating group) is 1. The molecular formula is C28H55NO4. The van der Waals surface area contributed by atoms with Crippen LogP contribution in [0.4, 0.5) is 0 Å². The second kappa shape index (κ2) is 24.2. The molecule has 5 nitrogen and oxygen atoms in total. The van der Waals surface area contributed by atoms with Crippen molar-refractivity contribution < 1.29 is 19.4 Å². The third-order valence-corrected chi connectivity index (χ3v) is 6.25. The van der Waals surface area contributed by atoms with E-state index >= 15 is 0 Å². The molecule has 0 heterocycles. The van der Waals surface area contributed by atoms with Gasteiger partial charge in [-0.05, 0) is 52.6 Å². The molecule has 0 aromatic heterocycles. The molecule has 5 heteroatoms. The lowest BCUT2D eigenvalue weighted by Gasteiger charge is -2.24. The van der Waals surface area contributed by atoms with Crippen LogP contribution in [-0.4, -0.2) is 62.5 Å². The Morgan fingerprint density at radius 3 is 1.91 bits per heavy atom. The molecule has 33 heavy (non-hydrogen) atoms. The first-order chi connectivity index (χ1) is 16.0. The minimum atomic E-state index is -0.677. The molecule has 2 atom stereocenters. The smallest absolute Gasteiger partial charge is 0.306 e. The molecule has 0 aromatic rings. The highest BCUT2D eigenvalue weighted by molar-refractivity contribution is 5.70. The number of carboxylic acid groups (broad SMARTS) is 1. The fourth-order valence-electron chi connectivity index (χ4n) is 3.77. The Morgan fingerprint density at radius 2 is 1.33 bits per heavy atom. The quantitative estimate of drug-likeness (QED) is 0.114. The Balaban J connectivity index is 3.86. The topological polar surface area (TPSA) is 59.0 Å². The number of ether oxygens (including phenoxy) is 2. The van der Waals surface area contributed by atoms with E-state index < -0.39 is 5.97 Å². The zero-order chi connectivity index (χ0) is 24.6. The van der Waals surface area contributed by atoms with Crippen LogP contribution in [-0.2, 0) is 14.3 Å². The van der Waals surface area contributed by atoms with Crippen LogP contribution >= 0.6 is 0 Å². The van der Waals surface area contributed by atoms with Crippen molar-refractivity contribution in [2.24, 2.45) is 5.92 Å². The van der Waals surface area contributed by atoms with Crippen LogP contribution in [0.5, 0.6) is 0 Å². The lowest BCUT2D eigenvalue weighted by Crippen LogP contribution is -2.37. The highest BCUT2D eigenvalue weighted by Crippen LogP contribution is 2.15. The highest BCUT2D eigenvalue weighted by atomic mass is 16.5. The van der Waals surface area contributed by atoms with Crippen LogP contribution in [0.2, 0.25) is 0 Å². The van der Waals surface area contributed by atoms with E-state index in [1.54, 1.807) is 0 Å². The number of carboxylic acids is 1. The molecule has 196 valence electrons. The molecule has 0 saturated carbocycles. The fraction of sp³-hybridized carbons (Fsp3) is 0.893. The van der Waals surface area contributed by atoms with E-state index in [9.17, 15) is 9.90 Å². The molecule has 0 fully saturated rings. The minimum absolute atomic E-state index is 0.264. The van der Waals surface area contributed by atoms with Gasteiger partial charge in [-0.25, -0.2) is 0 Å². The molecule has 0 aliphatic carbocycles. The Kier molecular flexibility index (Phi) is 23.6. The summed E-state index contributed by atoms with van der Waals surface area (Å²) in [7, 11) is 4.12. The van der Waals surface area contributed by atoms with Gasteiger partial charge in [0.15, 0.2) is 0 Å². The van der Waals surface area contributed by atoms with E-state index in [2.05, 4.69) is 45.0 Å². The predicted molar refractivity (Wildman–Crippen MR) is 140 cm³/mol. The first-order valence-electron chi connectivity index (χ1n) is 13.7. The van der Waals surface area contributed by atoms with E-state index in [0.29, 0.717) is 26.2 Å². The number of aliphatic carboxylic acids is 1. The molecule has 1 N–H and O–H groups in total. The zero-order valence-corrected chi connectivity index (χ0v) is 22.4. The number of carbonyl (C=O) groups is 1. The van der Waals surface area contributed by atoms with Gasteiger partial charge in [0.2, 0.25) is 0 Å². The maximum atomic E-state index is 11.5. The molecule has 0 rings (SSSR count). The summed E-state index contributed by atoms with van der Waals surface area (Å²) in [5.41, 5.74) is 0. The van der Waals surface area contributed by atoms with Crippen molar-refractivity contribution in [1.82, 2.24) is 4.90 Å². The molecule has 0 radical (unpaired) electrons. The average Bonchev–Trinajstić information content (AvgIpc) is 2.79. The SMILES string of the molecule is CCCCCCCCC=CCC(CCCCOCC(COCCCCCC)N(C)C)C(=O)O. The summed E-state index contributed by atoms with van der Waals surface area (Å²) in [4.78, 5) is 13.7. The number of hydrogen-bond acceptors (Lipinski definition) is 4. The van der Waals surface area contributed by atoms with Crippen molar-refractivity contribution in [2.75, 3.05) is 40.5 Å². The van der Waals surface area contributed by atoms with Crippen molar-refractivity contribution in [1.29, 1.82) is 0 Å². The van der Waals surface area contributed by atoms with E-state index in [0.717, 1.165) is 38.7 Å². The molecule has 2 unspecified atom stereocenters. The van der Waals surface area contributed by atoms with Crippen molar-refractivity contribution in [2.45, 2.75) is 116 Å². The summed E-state index contributed by atoms with van der Waals surface area (Å²) in [6.45, 7) is 7.33. The van der Waals surface area contributed by atoms with Gasteiger partial charge >= 0.3 is 5.97 Å². The number of rotatable bonds is 25. The number of allylic oxidation sites excluding steroid dienone is 2. The van der Waals surface area contributed by atoms with Gasteiger partial charge in [-0.2, -0.15) is 0 Å². The summed E-state index contributed by atoms with van der Waals surface area (Å²) in [5.74, 6) is -0.953. The van der Waals surface area contributed by atoms with Gasteiger partial charge in [-0.3, -0.25) is 4.79 Å². The molecule has 0 saturated heterocycles. The third kappa shape index (κ3) is 21.4. The van der Waals surface area contributed by atoms with E-state index in [1.165, 1.54) is 57.8 Å². The van der Waals surface area contributed by atoms with Gasteiger partial charge in [-0.15, -0.1) is 0 Å². The maximum absolute atomic E-state index is 11.5. The molecule has 0 spiro atoms. The summed E-state index contributed by atoms with van der Waals surface area (Å²) in [6, 6.07) is 0.264. The number of unbranched alkanes of at least 4 members (excludes halogenated alkanes) is 10. The van der Waals surface area contributed by atoms with Gasteiger partial charge in [0.1, 0.15) is 0 Å². The van der Waals surface area contributed by atoms with Gasteiger partial charge in [0.25, 0.3) is 0 Å². The Hall–Kier alpha value is -0.910. The minimum Gasteiger partial charge on any atom is -0.481 e. The molecule has 0 aliphatic heterocycles. The molecular weight excluding hydrogens is 414 g/mol. The van der Waals surface area contributed by atoms with Gasteiger partial charge in [-0.1, -0.05) is 83.8 Å². The van der Waals surface area contributed by atoms with Gasteiger partial charge < -0.3 is 19.5 Å². The largest absolute Gasteiger partial charge is 0.481 e. The van der Waals surface area contributed by atoms with Crippen LogP contribution in [0.15, 0.2) is 12.2 Å². The molecule has 0 bridgehead atoms. The Bertz CT molecular complexity index is 453. The lowest BCUT2D eigenvalue weighted by molar-refractivity contribution is -0.141. The summed E-state index contributed by atoms with van der Waals surface area (Å²) >= 11 is 0. The van der Waals surface area contributed by atoms with Crippen molar-refractivity contribution in [3.8, 4) is 0 Å². The van der Waals surface area contributed by atoms with Crippen LogP contribution in [0.25, 0.3) is 0 Å². The van der Waals surface area contributed by atoms with Crippen molar-refractivity contribution in [3.05, 3.63) is 12.2 Å². The van der Waals surface area contributed by atoms with Crippen molar-refractivity contribution in [3.63, 3.8) is 0 Å². The van der Waals surface area contributed by atoms with E-state index in [1.807, 2.05) is 0 Å². The second-order valence-corrected chi connectivity index (χ2v) is 9.62. The van der Waals surface area contributed by atoms with E-state index in [4.69, 9.17) is 9.47 Å². The number of nitrogens with zero attached hydrogens (tertiary/aromatic N) is 1. The first kappa shape index (κ1) is 32.1. The predicted octanol–water partition coefficient (Wildman–Crippen LogP) is 7.10. The molecule has 0 amide bonds. The second-order valence-electron chi connectivity index (χ2n) is 9.62. The van der Waals surface area contributed by atoms with Crippen LogP contribution < -0.4 is 0 Å². The standard InChI is InChI=1S/C28H55NO4/c1-5-7-9-11-12-13-14-15-16-20-26(28(30)31)21-17-19-23-33-25-27(29(3)4)24-32-22-18-10-8-6-2/h15-16,26-27H,5-14,17-25H2,1-4H3,(H,30,31). The molecule has 0 aliphatic rings. The monoisotopic (exact) mass is 469 g/mol. The average molecular weight is 470 g/mol. The fourth-order valence-corrected chi connectivity index (χ4v) is 3.77. The highest BCUT2D eigenvalue weighted by Gasteiger charge is 2.15. The summed E-state index contributed by atoms with van der Waals surface area (Å²) in [5, 5.41) is 9.50. The van der Waals surface area contributed by atoms with Crippen LogP contribution in [0, 0.1) is 5.92 Å².